The Kier molecular flexibility index (Phi) is 3.65. The summed E-state index contributed by atoms with van der Waals surface area (Å²) in [6.07, 6.45) is 1.05. The third-order valence-corrected chi connectivity index (χ3v) is 5.97. The van der Waals surface area contributed by atoms with Gasteiger partial charge in [-0.3, -0.25) is 14.6 Å². The molecule has 4 rings (SSSR count). The van der Waals surface area contributed by atoms with Crippen LogP contribution < -0.4 is 0 Å². The zero-order valence-corrected chi connectivity index (χ0v) is 15.3. The van der Waals surface area contributed by atoms with Gasteiger partial charge in [-0.1, -0.05) is 13.8 Å². The topological polar surface area (TPSA) is 62.7 Å². The minimum Gasteiger partial charge on any atom is -0.351 e. The summed E-state index contributed by atoms with van der Waals surface area (Å²) in [6, 6.07) is 3.61. The predicted molar refractivity (Wildman–Crippen MR) is 91.9 cm³/mol. The lowest BCUT2D eigenvalue weighted by atomic mass is 10.0. The molecule has 2 amide bonds. The molecule has 0 aliphatic carbocycles. The molecule has 3 atom stereocenters. The number of likely N-dealkylation sites (tertiary alicyclic amines) is 1. The Bertz CT molecular complexity index is 747. The maximum atomic E-state index is 13.1. The van der Waals surface area contributed by atoms with Crippen LogP contribution in [-0.2, 0) is 9.53 Å². The Balaban J connectivity index is 1.65. The van der Waals surface area contributed by atoms with Gasteiger partial charge < -0.3 is 14.5 Å². The molecule has 0 unspecified atom stereocenters. The van der Waals surface area contributed by atoms with Crippen LogP contribution in [0.4, 0.5) is 0 Å². The van der Waals surface area contributed by atoms with Crippen LogP contribution in [0.2, 0.25) is 0 Å². The molecule has 1 aromatic heterocycles. The fourth-order valence-electron chi connectivity index (χ4n) is 4.68. The third kappa shape index (κ3) is 2.23. The molecule has 3 aliphatic rings. The molecule has 3 fully saturated rings. The van der Waals surface area contributed by atoms with Gasteiger partial charge in [0.15, 0.2) is 5.72 Å². The highest BCUT2D eigenvalue weighted by molar-refractivity contribution is 5.96. The SMILES string of the molecule is Cc1ccc(C(=O)N2CC[C@@]34OC[C@@H](C(C)C)N3C(=O)C[C@@H]24)c(C)n1. The van der Waals surface area contributed by atoms with E-state index in [1.807, 2.05) is 35.8 Å². The van der Waals surface area contributed by atoms with Crippen LogP contribution in [0, 0.1) is 19.8 Å². The first-order valence-electron chi connectivity index (χ1n) is 9.06. The quantitative estimate of drug-likeness (QED) is 0.823. The smallest absolute Gasteiger partial charge is 0.256 e. The molecule has 4 heterocycles. The summed E-state index contributed by atoms with van der Waals surface area (Å²) in [5.41, 5.74) is 1.63. The number of amides is 2. The van der Waals surface area contributed by atoms with E-state index in [2.05, 4.69) is 18.8 Å². The van der Waals surface area contributed by atoms with Gasteiger partial charge in [0.25, 0.3) is 5.91 Å². The minimum absolute atomic E-state index is 0.0434. The second-order valence-electron chi connectivity index (χ2n) is 7.78. The fourth-order valence-corrected chi connectivity index (χ4v) is 4.68. The highest BCUT2D eigenvalue weighted by atomic mass is 16.5. The molecular formula is C19H25N3O3. The second kappa shape index (κ2) is 5.53. The summed E-state index contributed by atoms with van der Waals surface area (Å²) in [7, 11) is 0. The zero-order chi connectivity index (χ0) is 17.9. The van der Waals surface area contributed by atoms with Crippen molar-refractivity contribution in [2.24, 2.45) is 5.92 Å². The van der Waals surface area contributed by atoms with Crippen LogP contribution in [0.1, 0.15) is 48.4 Å². The summed E-state index contributed by atoms with van der Waals surface area (Å²) in [5.74, 6) is 0.408. The Morgan fingerprint density at radius 1 is 1.36 bits per heavy atom. The van der Waals surface area contributed by atoms with Crippen LogP contribution in [0.5, 0.6) is 0 Å². The van der Waals surface area contributed by atoms with Crippen molar-refractivity contribution in [3.63, 3.8) is 0 Å². The molecular weight excluding hydrogens is 318 g/mol. The van der Waals surface area contributed by atoms with Crippen molar-refractivity contribution >= 4 is 11.8 Å². The van der Waals surface area contributed by atoms with Crippen molar-refractivity contribution in [3.8, 4) is 0 Å². The van der Waals surface area contributed by atoms with Crippen LogP contribution in [0.15, 0.2) is 12.1 Å². The third-order valence-electron chi connectivity index (χ3n) is 5.97. The zero-order valence-electron chi connectivity index (χ0n) is 15.3. The van der Waals surface area contributed by atoms with Crippen LogP contribution in [0.3, 0.4) is 0 Å². The monoisotopic (exact) mass is 343 g/mol. The molecule has 3 aliphatic heterocycles. The molecule has 6 heteroatoms. The van der Waals surface area contributed by atoms with Gasteiger partial charge in [-0.25, -0.2) is 0 Å². The van der Waals surface area contributed by atoms with E-state index in [1.165, 1.54) is 0 Å². The van der Waals surface area contributed by atoms with Gasteiger partial charge in [0.1, 0.15) is 0 Å². The van der Waals surface area contributed by atoms with Gasteiger partial charge in [-0.05, 0) is 31.9 Å². The average Bonchev–Trinajstić information content (AvgIpc) is 3.16. The molecule has 0 saturated carbocycles. The van der Waals surface area contributed by atoms with E-state index in [4.69, 9.17) is 4.74 Å². The first-order chi connectivity index (χ1) is 11.8. The maximum Gasteiger partial charge on any atom is 0.256 e. The molecule has 1 aromatic rings. The Morgan fingerprint density at radius 2 is 2.12 bits per heavy atom. The van der Waals surface area contributed by atoms with Crippen molar-refractivity contribution in [1.29, 1.82) is 0 Å². The highest BCUT2D eigenvalue weighted by Gasteiger charge is 2.65. The number of carbonyl (C=O) groups is 2. The van der Waals surface area contributed by atoms with Crippen molar-refractivity contribution in [3.05, 3.63) is 29.1 Å². The number of pyridine rings is 1. The van der Waals surface area contributed by atoms with Crippen molar-refractivity contribution < 1.29 is 14.3 Å². The van der Waals surface area contributed by atoms with Gasteiger partial charge in [0.05, 0.1) is 36.4 Å². The normalized spacial score (nSPS) is 31.0. The lowest BCUT2D eigenvalue weighted by Crippen LogP contribution is -2.51. The lowest BCUT2D eigenvalue weighted by Gasteiger charge is -2.34. The molecule has 134 valence electrons. The number of nitrogens with zero attached hydrogens (tertiary/aromatic N) is 3. The van der Waals surface area contributed by atoms with E-state index in [0.29, 0.717) is 37.5 Å². The standard InChI is InChI=1S/C19H25N3O3/c1-11(2)15-10-25-19-7-8-21(16(19)9-17(23)22(15)19)18(24)14-6-5-12(3)20-13(14)4/h5-6,11,15-16H,7-10H2,1-4H3/t15-,16+,19-/m0/s1. The van der Waals surface area contributed by atoms with Gasteiger partial charge in [0, 0.05) is 18.7 Å². The highest BCUT2D eigenvalue weighted by Crippen LogP contribution is 2.49. The summed E-state index contributed by atoms with van der Waals surface area (Å²) in [6.45, 7) is 9.19. The number of rotatable bonds is 2. The molecule has 0 radical (unpaired) electrons. The van der Waals surface area contributed by atoms with Crippen molar-refractivity contribution in [1.82, 2.24) is 14.8 Å². The molecule has 25 heavy (non-hydrogen) atoms. The van der Waals surface area contributed by atoms with E-state index < -0.39 is 5.72 Å². The van der Waals surface area contributed by atoms with Gasteiger partial charge in [0.2, 0.25) is 5.91 Å². The van der Waals surface area contributed by atoms with E-state index in [0.717, 1.165) is 11.4 Å². The van der Waals surface area contributed by atoms with Crippen LogP contribution >= 0.6 is 0 Å². The molecule has 3 saturated heterocycles. The average molecular weight is 343 g/mol. The first kappa shape index (κ1) is 16.5. The summed E-state index contributed by atoms with van der Waals surface area (Å²) >= 11 is 0. The van der Waals surface area contributed by atoms with Crippen molar-refractivity contribution in [2.75, 3.05) is 13.2 Å². The first-order valence-corrected chi connectivity index (χ1v) is 9.06. The van der Waals surface area contributed by atoms with E-state index in [-0.39, 0.29) is 23.9 Å². The number of hydrogen-bond acceptors (Lipinski definition) is 4. The largest absolute Gasteiger partial charge is 0.351 e. The number of carbonyl (C=O) groups excluding carboxylic acids is 2. The van der Waals surface area contributed by atoms with E-state index in [1.54, 1.807) is 0 Å². The lowest BCUT2D eigenvalue weighted by molar-refractivity contribution is -0.139. The summed E-state index contributed by atoms with van der Waals surface area (Å²) in [5, 5.41) is 0. The second-order valence-corrected chi connectivity index (χ2v) is 7.78. The van der Waals surface area contributed by atoms with Crippen LogP contribution in [-0.4, -0.2) is 57.6 Å². The summed E-state index contributed by atoms with van der Waals surface area (Å²) in [4.78, 5) is 34.0. The Labute approximate surface area is 148 Å². The fraction of sp³-hybridized carbons (Fsp3) is 0.632. The number of hydrogen-bond donors (Lipinski definition) is 0. The number of aromatic nitrogens is 1. The van der Waals surface area contributed by atoms with Crippen LogP contribution in [0.25, 0.3) is 0 Å². The Hall–Kier alpha value is -1.95. The minimum atomic E-state index is -0.617. The molecule has 0 bridgehead atoms. The number of aryl methyl sites for hydroxylation is 2. The van der Waals surface area contributed by atoms with E-state index >= 15 is 0 Å². The van der Waals surface area contributed by atoms with Gasteiger partial charge in [-0.2, -0.15) is 0 Å². The predicted octanol–water partition coefficient (Wildman–Crippen LogP) is 1.90. The molecule has 0 aromatic carbocycles. The molecule has 0 N–H and O–H groups in total. The Morgan fingerprint density at radius 3 is 2.80 bits per heavy atom. The summed E-state index contributed by atoms with van der Waals surface area (Å²) < 4.78 is 6.19. The van der Waals surface area contributed by atoms with Gasteiger partial charge >= 0.3 is 0 Å². The van der Waals surface area contributed by atoms with Crippen molar-refractivity contribution in [2.45, 2.75) is 58.3 Å². The van der Waals surface area contributed by atoms with Gasteiger partial charge in [-0.15, -0.1) is 0 Å². The molecule has 1 spiro atoms. The molecule has 6 nitrogen and oxygen atoms in total. The maximum absolute atomic E-state index is 13.1. The van der Waals surface area contributed by atoms with E-state index in [9.17, 15) is 9.59 Å². The number of ether oxygens (including phenoxy) is 1.